The molecule has 0 atom stereocenters. The summed E-state index contributed by atoms with van der Waals surface area (Å²) in [7, 11) is 0. The smallest absolute Gasteiger partial charge is 0.333 e. The largest absolute Gasteiger partial charge is 0.493 e. The van der Waals surface area contributed by atoms with Gasteiger partial charge in [0.05, 0.1) is 33.0 Å². The fraction of sp³-hybridized carbons (Fsp3) is 0.727. The van der Waals surface area contributed by atoms with Gasteiger partial charge in [-0.25, -0.2) is 9.59 Å². The Balaban J connectivity index is 1.48. The lowest BCUT2D eigenvalue weighted by molar-refractivity contribution is -0.139. The van der Waals surface area contributed by atoms with Crippen LogP contribution in [0.2, 0.25) is 0 Å². The lowest BCUT2D eigenvalue weighted by atomic mass is 9.65. The number of aliphatic hydroxyl groups is 2. The van der Waals surface area contributed by atoms with Gasteiger partial charge in [-0.3, -0.25) is 0 Å². The van der Waals surface area contributed by atoms with E-state index in [4.69, 9.17) is 14.2 Å². The summed E-state index contributed by atoms with van der Waals surface area (Å²) < 4.78 is 17.4. The van der Waals surface area contributed by atoms with E-state index in [9.17, 15) is 19.8 Å². The highest BCUT2D eigenvalue weighted by molar-refractivity contribution is 5.87. The third kappa shape index (κ3) is 12.5. The summed E-state index contributed by atoms with van der Waals surface area (Å²) in [6.07, 6.45) is 21.2. The van der Waals surface area contributed by atoms with Crippen LogP contribution in [0.5, 0.6) is 5.75 Å². The highest BCUT2D eigenvalue weighted by atomic mass is 16.5. The Morgan fingerprint density at radius 3 is 1.55 bits per heavy atom. The number of aryl methyl sites for hydroxylation is 2. The maximum atomic E-state index is 12.1. The van der Waals surface area contributed by atoms with Crippen LogP contribution in [0.15, 0.2) is 36.4 Å². The van der Waals surface area contributed by atoms with Crippen LogP contribution in [-0.2, 0) is 31.9 Å². The summed E-state index contributed by atoms with van der Waals surface area (Å²) in [5.41, 5.74) is 3.66. The summed E-state index contributed by atoms with van der Waals surface area (Å²) in [4.78, 5) is 24.1. The summed E-state index contributed by atoms with van der Waals surface area (Å²) in [5, 5.41) is 19.8. The SMILES string of the molecule is C=C(C)C(=O)OCCCc1cc(C2CCC(C3CCC(C4CCCCC4)CC3)CC2)cc(CCCOC(=O)C(=C)C)c1OCCC(C)(CO)CO. The number of ether oxygens (including phenoxy) is 3. The molecule has 1 aromatic rings. The molecular weight excluding hydrogens is 640 g/mol. The molecule has 0 unspecified atom stereocenters. The van der Waals surface area contributed by atoms with E-state index in [-0.39, 0.29) is 25.2 Å². The third-order valence-electron chi connectivity index (χ3n) is 12.4. The van der Waals surface area contributed by atoms with Gasteiger partial charge in [-0.15, -0.1) is 0 Å². The number of benzene rings is 1. The Labute approximate surface area is 308 Å². The van der Waals surface area contributed by atoms with Crippen molar-refractivity contribution in [2.75, 3.05) is 33.0 Å². The number of carbonyl (C=O) groups excluding carboxylic acids is 2. The summed E-state index contributed by atoms with van der Waals surface area (Å²) in [5.74, 6) is 4.25. The minimum absolute atomic E-state index is 0.127. The van der Waals surface area contributed by atoms with E-state index in [0.717, 1.165) is 40.5 Å². The predicted octanol–water partition coefficient (Wildman–Crippen LogP) is 9.21. The molecule has 2 N–H and O–H groups in total. The summed E-state index contributed by atoms with van der Waals surface area (Å²) >= 11 is 0. The fourth-order valence-corrected chi connectivity index (χ4v) is 8.90. The first-order valence-electron chi connectivity index (χ1n) is 20.2. The molecule has 7 nitrogen and oxygen atoms in total. The van der Waals surface area contributed by atoms with Crippen LogP contribution in [0, 0.1) is 29.1 Å². The van der Waals surface area contributed by atoms with Crippen LogP contribution in [0.4, 0.5) is 0 Å². The van der Waals surface area contributed by atoms with E-state index in [1.807, 2.05) is 6.92 Å². The quantitative estimate of drug-likeness (QED) is 0.0839. The maximum absolute atomic E-state index is 12.1. The average molecular weight is 709 g/mol. The van der Waals surface area contributed by atoms with Gasteiger partial charge in [-0.1, -0.05) is 64.3 Å². The van der Waals surface area contributed by atoms with Crippen molar-refractivity contribution in [2.45, 2.75) is 142 Å². The Hall–Kier alpha value is -2.64. The fourth-order valence-electron chi connectivity index (χ4n) is 8.90. The van der Waals surface area contributed by atoms with Gasteiger partial charge in [0.1, 0.15) is 5.75 Å². The molecule has 0 aromatic heterocycles. The van der Waals surface area contributed by atoms with E-state index in [1.165, 1.54) is 89.0 Å². The number of carbonyl (C=O) groups is 2. The van der Waals surface area contributed by atoms with Gasteiger partial charge in [0.25, 0.3) is 0 Å². The minimum atomic E-state index is -0.637. The molecule has 0 bridgehead atoms. The molecule has 7 heteroatoms. The van der Waals surface area contributed by atoms with Gasteiger partial charge in [-0.05, 0) is 144 Å². The Bertz CT molecular complexity index is 1220. The van der Waals surface area contributed by atoms with Crippen LogP contribution < -0.4 is 4.74 Å². The molecule has 3 fully saturated rings. The van der Waals surface area contributed by atoms with Crippen molar-refractivity contribution in [3.05, 3.63) is 53.1 Å². The van der Waals surface area contributed by atoms with Crippen molar-refractivity contribution in [3.63, 3.8) is 0 Å². The topological polar surface area (TPSA) is 102 Å². The lowest BCUT2D eigenvalue weighted by Crippen LogP contribution is -2.28. The third-order valence-corrected chi connectivity index (χ3v) is 12.4. The minimum Gasteiger partial charge on any atom is -0.493 e. The monoisotopic (exact) mass is 708 g/mol. The molecule has 0 spiro atoms. The molecule has 0 radical (unpaired) electrons. The molecule has 51 heavy (non-hydrogen) atoms. The highest BCUT2D eigenvalue weighted by Crippen LogP contribution is 2.47. The van der Waals surface area contributed by atoms with E-state index in [1.54, 1.807) is 13.8 Å². The van der Waals surface area contributed by atoms with Crippen LogP contribution in [0.25, 0.3) is 0 Å². The van der Waals surface area contributed by atoms with Crippen molar-refractivity contribution < 1.29 is 34.0 Å². The Kier molecular flexibility index (Phi) is 16.6. The first-order chi connectivity index (χ1) is 24.5. The first kappa shape index (κ1) is 41.1. The number of hydrogen-bond donors (Lipinski definition) is 2. The summed E-state index contributed by atoms with van der Waals surface area (Å²) in [6.45, 7) is 13.2. The second-order valence-corrected chi connectivity index (χ2v) is 16.6. The van der Waals surface area contributed by atoms with Gasteiger partial charge in [0.2, 0.25) is 0 Å². The first-order valence-corrected chi connectivity index (χ1v) is 20.2. The van der Waals surface area contributed by atoms with Gasteiger partial charge in [0, 0.05) is 16.6 Å². The molecule has 3 aliphatic rings. The molecule has 3 saturated carbocycles. The van der Waals surface area contributed by atoms with Crippen LogP contribution in [0.3, 0.4) is 0 Å². The molecule has 0 saturated heterocycles. The molecular formula is C44H68O7. The Morgan fingerprint density at radius 2 is 1.12 bits per heavy atom. The molecule has 0 heterocycles. The van der Waals surface area contributed by atoms with Crippen molar-refractivity contribution >= 4 is 11.9 Å². The van der Waals surface area contributed by atoms with Crippen molar-refractivity contribution in [1.29, 1.82) is 0 Å². The molecule has 1 aromatic carbocycles. The van der Waals surface area contributed by atoms with E-state index >= 15 is 0 Å². The molecule has 4 rings (SSSR count). The standard InChI is InChI=1S/C44H68O7/c1-31(2)42(47)50-24-9-13-38-27-40(37-21-19-36(20-22-37)35-17-15-34(16-18-35)33-11-7-6-8-12-33)28-39(14-10-25-51-43(48)32(3)4)41(38)49-26-23-44(5,29-45)30-46/h27-28,33-37,45-46H,1,3,6-26,29-30H2,2,4-5H3. The zero-order valence-electron chi connectivity index (χ0n) is 32.2. The van der Waals surface area contributed by atoms with Crippen molar-refractivity contribution in [3.8, 4) is 5.75 Å². The molecule has 0 amide bonds. The van der Waals surface area contributed by atoms with Crippen LogP contribution >= 0.6 is 0 Å². The number of hydrogen-bond acceptors (Lipinski definition) is 7. The van der Waals surface area contributed by atoms with Gasteiger partial charge < -0.3 is 24.4 Å². The predicted molar refractivity (Wildman–Crippen MR) is 204 cm³/mol. The van der Waals surface area contributed by atoms with Gasteiger partial charge in [-0.2, -0.15) is 0 Å². The van der Waals surface area contributed by atoms with Gasteiger partial charge >= 0.3 is 11.9 Å². The number of esters is 2. The second kappa shape index (κ2) is 20.6. The van der Waals surface area contributed by atoms with E-state index < -0.39 is 5.41 Å². The number of aliphatic hydroxyl groups excluding tert-OH is 2. The lowest BCUT2D eigenvalue weighted by Gasteiger charge is -2.40. The number of rotatable bonds is 19. The van der Waals surface area contributed by atoms with Gasteiger partial charge in [0.15, 0.2) is 0 Å². The van der Waals surface area contributed by atoms with E-state index in [0.29, 0.717) is 69.0 Å². The summed E-state index contributed by atoms with van der Waals surface area (Å²) in [6, 6.07) is 4.64. The molecule has 286 valence electrons. The zero-order valence-corrected chi connectivity index (χ0v) is 32.2. The highest BCUT2D eigenvalue weighted by Gasteiger charge is 2.34. The molecule has 3 aliphatic carbocycles. The van der Waals surface area contributed by atoms with Crippen molar-refractivity contribution in [1.82, 2.24) is 0 Å². The normalized spacial score (nSPS) is 23.0. The second-order valence-electron chi connectivity index (χ2n) is 16.6. The molecule has 0 aliphatic heterocycles. The van der Waals surface area contributed by atoms with Crippen molar-refractivity contribution in [2.24, 2.45) is 29.1 Å². The maximum Gasteiger partial charge on any atom is 0.333 e. The zero-order chi connectivity index (χ0) is 36.8. The Morgan fingerprint density at radius 1 is 0.686 bits per heavy atom. The van der Waals surface area contributed by atoms with Crippen LogP contribution in [0.1, 0.15) is 146 Å². The van der Waals surface area contributed by atoms with Crippen LogP contribution in [-0.4, -0.2) is 55.2 Å². The van der Waals surface area contributed by atoms with E-state index in [2.05, 4.69) is 25.3 Å². The average Bonchev–Trinajstić information content (AvgIpc) is 3.15.